The predicted octanol–water partition coefficient (Wildman–Crippen LogP) is 8.08. The fourth-order valence-corrected chi connectivity index (χ4v) is 4.50. The van der Waals surface area contributed by atoms with E-state index in [1.807, 2.05) is 106 Å². The molecule has 0 saturated heterocycles. The first-order valence-corrected chi connectivity index (χ1v) is 14.0. The van der Waals surface area contributed by atoms with Gasteiger partial charge >= 0.3 is 5.97 Å². The first kappa shape index (κ1) is 28.1. The average molecular weight is 587 g/mol. The second-order valence-electron chi connectivity index (χ2n) is 10.1. The number of carbonyl (C=O) groups is 2. The third-order valence-electron chi connectivity index (χ3n) is 5.90. The van der Waals surface area contributed by atoms with E-state index in [2.05, 4.69) is 21.2 Å². The van der Waals surface area contributed by atoms with Crippen molar-refractivity contribution in [2.45, 2.75) is 39.4 Å². The summed E-state index contributed by atoms with van der Waals surface area (Å²) in [6.07, 6.45) is 0.756. The normalized spacial score (nSPS) is 11.1. The number of hydrogen-bond acceptors (Lipinski definition) is 4. The molecule has 5 nitrogen and oxygen atoms in total. The maximum absolute atomic E-state index is 13.8. The Morgan fingerprint density at radius 2 is 1.46 bits per heavy atom. The number of esters is 1. The molecule has 0 aliphatic carbocycles. The summed E-state index contributed by atoms with van der Waals surface area (Å²) in [5.41, 5.74) is 4.19. The number of nitrogens with one attached hydrogen (secondary N) is 1. The molecule has 0 unspecified atom stereocenters. The molecule has 1 amide bonds. The quantitative estimate of drug-likeness (QED) is 0.159. The van der Waals surface area contributed by atoms with E-state index >= 15 is 0 Å². The molecule has 0 bridgehead atoms. The molecule has 4 aromatic carbocycles. The van der Waals surface area contributed by atoms with Gasteiger partial charge in [0.05, 0.1) is 16.8 Å². The number of rotatable bonds is 9. The summed E-state index contributed by atoms with van der Waals surface area (Å²) >= 11 is 3.48. The molecule has 4 rings (SSSR count). The standard InChI is InChI=1S/C33H32BrNO4/c1-33(2,3)39-32(37)27-16-15-26(25-12-8-5-9-13-25)21-29(27)35-31(36)28-20-23(18-19-34)14-17-30(28)38-22-24-10-6-4-7-11-24/h4-17,20-21H,18-19,22H2,1-3H3,(H,35,36). The van der Waals surface area contributed by atoms with Crippen LogP contribution < -0.4 is 10.1 Å². The van der Waals surface area contributed by atoms with E-state index in [4.69, 9.17) is 9.47 Å². The van der Waals surface area contributed by atoms with Crippen LogP contribution in [0.15, 0.2) is 97.1 Å². The van der Waals surface area contributed by atoms with Gasteiger partial charge in [-0.3, -0.25) is 4.79 Å². The van der Waals surface area contributed by atoms with E-state index < -0.39 is 11.6 Å². The van der Waals surface area contributed by atoms with Crippen molar-refractivity contribution in [1.29, 1.82) is 0 Å². The number of alkyl halides is 1. The summed E-state index contributed by atoms with van der Waals surface area (Å²) in [6.45, 7) is 5.76. The number of carbonyl (C=O) groups excluding carboxylic acids is 2. The Balaban J connectivity index is 1.70. The predicted molar refractivity (Wildman–Crippen MR) is 160 cm³/mol. The first-order chi connectivity index (χ1) is 18.7. The highest BCUT2D eigenvalue weighted by atomic mass is 79.9. The van der Waals surface area contributed by atoms with Gasteiger partial charge in [0.15, 0.2) is 0 Å². The molecule has 0 radical (unpaired) electrons. The topological polar surface area (TPSA) is 64.6 Å². The number of aryl methyl sites for hydroxylation is 1. The van der Waals surface area contributed by atoms with Crippen molar-refractivity contribution in [2.75, 3.05) is 10.6 Å². The maximum atomic E-state index is 13.8. The third-order valence-corrected chi connectivity index (χ3v) is 6.30. The van der Waals surface area contributed by atoms with Gasteiger partial charge in [-0.25, -0.2) is 4.79 Å². The molecule has 0 spiro atoms. The molecular weight excluding hydrogens is 554 g/mol. The summed E-state index contributed by atoms with van der Waals surface area (Å²) in [5, 5.41) is 3.74. The Hall–Kier alpha value is -3.90. The maximum Gasteiger partial charge on any atom is 0.340 e. The molecule has 1 N–H and O–H groups in total. The van der Waals surface area contributed by atoms with Gasteiger partial charge in [0.1, 0.15) is 18.0 Å². The molecule has 0 aliphatic rings. The van der Waals surface area contributed by atoms with Gasteiger partial charge in [-0.15, -0.1) is 0 Å². The Kier molecular flexibility index (Phi) is 9.20. The van der Waals surface area contributed by atoms with Gasteiger partial charge in [0.2, 0.25) is 0 Å². The molecule has 6 heteroatoms. The van der Waals surface area contributed by atoms with Gasteiger partial charge in [-0.2, -0.15) is 0 Å². The Labute approximate surface area is 238 Å². The minimum atomic E-state index is -0.682. The van der Waals surface area contributed by atoms with E-state index in [0.717, 1.165) is 34.0 Å². The molecule has 39 heavy (non-hydrogen) atoms. The van der Waals surface area contributed by atoms with Crippen LogP contribution >= 0.6 is 15.9 Å². The largest absolute Gasteiger partial charge is 0.488 e. The van der Waals surface area contributed by atoms with Crippen molar-refractivity contribution >= 4 is 33.5 Å². The SMILES string of the molecule is CC(C)(C)OC(=O)c1ccc(-c2ccccc2)cc1NC(=O)c1cc(CCBr)ccc1OCc1ccccc1. The summed E-state index contributed by atoms with van der Waals surface area (Å²) < 4.78 is 11.7. The monoisotopic (exact) mass is 585 g/mol. The molecule has 0 aromatic heterocycles. The molecule has 4 aromatic rings. The second kappa shape index (κ2) is 12.8. The van der Waals surface area contributed by atoms with Gasteiger partial charge in [0.25, 0.3) is 5.91 Å². The smallest absolute Gasteiger partial charge is 0.340 e. The highest BCUT2D eigenvalue weighted by molar-refractivity contribution is 9.09. The van der Waals surface area contributed by atoms with Crippen LogP contribution in [0.3, 0.4) is 0 Å². The van der Waals surface area contributed by atoms with E-state index in [1.54, 1.807) is 12.1 Å². The number of benzene rings is 4. The first-order valence-electron chi connectivity index (χ1n) is 12.8. The lowest BCUT2D eigenvalue weighted by Crippen LogP contribution is -2.25. The van der Waals surface area contributed by atoms with E-state index in [0.29, 0.717) is 23.6 Å². The van der Waals surface area contributed by atoms with E-state index in [9.17, 15) is 9.59 Å². The average Bonchev–Trinajstić information content (AvgIpc) is 2.92. The van der Waals surface area contributed by atoms with Crippen LogP contribution in [0.25, 0.3) is 11.1 Å². The highest BCUT2D eigenvalue weighted by Crippen LogP contribution is 2.29. The van der Waals surface area contributed by atoms with Gasteiger partial charge in [-0.05, 0) is 73.7 Å². The molecule has 0 atom stereocenters. The zero-order chi connectivity index (χ0) is 27.8. The van der Waals surface area contributed by atoms with Crippen molar-refractivity contribution in [2.24, 2.45) is 0 Å². The summed E-state index contributed by atoms with van der Waals surface area (Å²) in [6, 6.07) is 30.6. The van der Waals surface area contributed by atoms with Crippen molar-refractivity contribution in [3.8, 4) is 16.9 Å². The molecular formula is C33H32BrNO4. The van der Waals surface area contributed by atoms with Crippen LogP contribution in [0.5, 0.6) is 5.75 Å². The second-order valence-corrected chi connectivity index (χ2v) is 10.9. The van der Waals surface area contributed by atoms with Crippen molar-refractivity contribution < 1.29 is 19.1 Å². The lowest BCUT2D eigenvalue weighted by molar-refractivity contribution is 0.00708. The Morgan fingerprint density at radius 3 is 2.13 bits per heavy atom. The molecule has 0 fully saturated rings. The molecule has 0 heterocycles. The van der Waals surface area contributed by atoms with Crippen molar-refractivity contribution in [1.82, 2.24) is 0 Å². The van der Waals surface area contributed by atoms with Crippen LogP contribution in [0, 0.1) is 0 Å². The third kappa shape index (κ3) is 7.80. The van der Waals surface area contributed by atoms with Gasteiger partial charge in [0, 0.05) is 5.33 Å². The van der Waals surface area contributed by atoms with Crippen molar-refractivity contribution in [3.05, 3.63) is 119 Å². The molecule has 200 valence electrons. The van der Waals surface area contributed by atoms with Gasteiger partial charge < -0.3 is 14.8 Å². The van der Waals surface area contributed by atoms with Crippen LogP contribution in [-0.4, -0.2) is 22.8 Å². The molecule has 0 aliphatic heterocycles. The number of ether oxygens (including phenoxy) is 2. The minimum Gasteiger partial charge on any atom is -0.488 e. The summed E-state index contributed by atoms with van der Waals surface area (Å²) in [4.78, 5) is 26.9. The zero-order valence-electron chi connectivity index (χ0n) is 22.4. The lowest BCUT2D eigenvalue weighted by atomic mass is 10.0. The van der Waals surface area contributed by atoms with Crippen LogP contribution in [0.2, 0.25) is 0 Å². The summed E-state index contributed by atoms with van der Waals surface area (Å²) in [5.74, 6) is -0.414. The van der Waals surface area contributed by atoms with Crippen LogP contribution in [0.4, 0.5) is 5.69 Å². The van der Waals surface area contributed by atoms with Crippen LogP contribution in [0.1, 0.15) is 52.6 Å². The van der Waals surface area contributed by atoms with Crippen LogP contribution in [-0.2, 0) is 17.8 Å². The number of anilines is 1. The minimum absolute atomic E-state index is 0.279. The van der Waals surface area contributed by atoms with Crippen molar-refractivity contribution in [3.63, 3.8) is 0 Å². The number of hydrogen-bond donors (Lipinski definition) is 1. The molecule has 0 saturated carbocycles. The fraction of sp³-hybridized carbons (Fsp3) is 0.212. The number of amides is 1. The fourth-order valence-electron chi connectivity index (χ4n) is 4.04. The summed E-state index contributed by atoms with van der Waals surface area (Å²) in [7, 11) is 0. The van der Waals surface area contributed by atoms with Gasteiger partial charge in [-0.1, -0.05) is 88.7 Å². The highest BCUT2D eigenvalue weighted by Gasteiger charge is 2.23. The Bertz CT molecular complexity index is 1430. The lowest BCUT2D eigenvalue weighted by Gasteiger charge is -2.21. The van der Waals surface area contributed by atoms with E-state index in [1.165, 1.54) is 0 Å². The Morgan fingerprint density at radius 1 is 0.769 bits per heavy atom. The number of halogens is 1. The van der Waals surface area contributed by atoms with E-state index in [-0.39, 0.29) is 11.5 Å². The zero-order valence-corrected chi connectivity index (χ0v) is 24.0.